The molecule has 0 bridgehead atoms. The van der Waals surface area contributed by atoms with Gasteiger partial charge in [0.05, 0.1) is 6.10 Å². The molecular formula is C13H17FO3. The second-order valence-corrected chi connectivity index (χ2v) is 4.89. The van der Waals surface area contributed by atoms with Gasteiger partial charge in [0, 0.05) is 12.0 Å². The molecule has 0 spiro atoms. The van der Waals surface area contributed by atoms with Gasteiger partial charge in [-0.1, -0.05) is 0 Å². The minimum atomic E-state index is -1.44. The van der Waals surface area contributed by atoms with Gasteiger partial charge in [0.25, 0.3) is 0 Å². The fraction of sp³-hybridized carbons (Fsp3) is 0.538. The summed E-state index contributed by atoms with van der Waals surface area (Å²) >= 11 is 0. The van der Waals surface area contributed by atoms with Gasteiger partial charge in [-0.25, -0.2) is 4.39 Å². The summed E-state index contributed by atoms with van der Waals surface area (Å²) in [5.41, 5.74) is -0.109. The number of hydrogen-bond donors (Lipinski definition) is 1. The van der Waals surface area contributed by atoms with Crippen molar-refractivity contribution in [2.45, 2.75) is 39.0 Å². The average molecular weight is 240 g/mol. The minimum absolute atomic E-state index is 0.151. The first-order valence-corrected chi connectivity index (χ1v) is 5.68. The SMILES string of the molecule is CC(O)Cc1cc(C(C)(C)F)cc2c1OCO2. The van der Waals surface area contributed by atoms with E-state index in [1.165, 1.54) is 13.8 Å². The monoisotopic (exact) mass is 240 g/mol. The first-order chi connectivity index (χ1) is 7.88. The Balaban J connectivity index is 2.46. The molecule has 0 radical (unpaired) electrons. The summed E-state index contributed by atoms with van der Waals surface area (Å²) in [6.45, 7) is 4.83. The van der Waals surface area contributed by atoms with E-state index in [0.717, 1.165) is 5.56 Å². The first-order valence-electron chi connectivity index (χ1n) is 5.68. The van der Waals surface area contributed by atoms with Gasteiger partial charge in [-0.05, 0) is 38.5 Å². The third-order valence-corrected chi connectivity index (χ3v) is 2.75. The molecule has 0 saturated carbocycles. The average Bonchev–Trinajstić information content (AvgIpc) is 2.62. The van der Waals surface area contributed by atoms with Gasteiger partial charge in [-0.2, -0.15) is 0 Å². The molecule has 1 N–H and O–H groups in total. The normalized spacial score (nSPS) is 16.1. The van der Waals surface area contributed by atoms with E-state index in [1.807, 2.05) is 0 Å². The number of aliphatic hydroxyl groups excluding tert-OH is 1. The third kappa shape index (κ3) is 2.52. The van der Waals surface area contributed by atoms with Crippen LogP contribution >= 0.6 is 0 Å². The highest BCUT2D eigenvalue weighted by Crippen LogP contribution is 2.40. The fourth-order valence-corrected chi connectivity index (χ4v) is 1.90. The molecule has 4 heteroatoms. The lowest BCUT2D eigenvalue weighted by atomic mass is 9.95. The van der Waals surface area contributed by atoms with Crippen molar-refractivity contribution in [2.75, 3.05) is 6.79 Å². The second kappa shape index (κ2) is 4.18. The zero-order valence-electron chi connectivity index (χ0n) is 10.3. The Morgan fingerprint density at radius 3 is 2.71 bits per heavy atom. The highest BCUT2D eigenvalue weighted by Gasteiger charge is 2.26. The van der Waals surface area contributed by atoms with Crippen LogP contribution in [0.3, 0.4) is 0 Å². The molecular weight excluding hydrogens is 223 g/mol. The molecule has 0 amide bonds. The number of hydrogen-bond acceptors (Lipinski definition) is 3. The molecule has 3 nitrogen and oxygen atoms in total. The van der Waals surface area contributed by atoms with Crippen LogP contribution in [0.2, 0.25) is 0 Å². The molecule has 17 heavy (non-hydrogen) atoms. The quantitative estimate of drug-likeness (QED) is 0.882. The number of rotatable bonds is 3. The Labute approximate surface area is 100 Å². The van der Waals surface area contributed by atoms with Crippen LogP contribution < -0.4 is 9.47 Å². The van der Waals surface area contributed by atoms with Crippen LogP contribution in [0.15, 0.2) is 12.1 Å². The van der Waals surface area contributed by atoms with E-state index in [1.54, 1.807) is 19.1 Å². The number of fused-ring (bicyclic) bond motifs is 1. The molecule has 2 rings (SSSR count). The largest absolute Gasteiger partial charge is 0.454 e. The first kappa shape index (κ1) is 12.2. The lowest BCUT2D eigenvalue weighted by molar-refractivity contribution is 0.169. The van der Waals surface area contributed by atoms with E-state index in [0.29, 0.717) is 23.5 Å². The molecule has 1 atom stereocenters. The van der Waals surface area contributed by atoms with Crippen molar-refractivity contribution in [3.8, 4) is 11.5 Å². The number of aliphatic hydroxyl groups is 1. The molecule has 1 heterocycles. The summed E-state index contributed by atoms with van der Waals surface area (Å²) in [5.74, 6) is 1.18. The van der Waals surface area contributed by atoms with Crippen LogP contribution in [0, 0.1) is 0 Å². The van der Waals surface area contributed by atoms with Crippen LogP contribution in [0.5, 0.6) is 11.5 Å². The van der Waals surface area contributed by atoms with E-state index in [2.05, 4.69) is 0 Å². The Bertz CT molecular complexity index is 421. The van der Waals surface area contributed by atoms with Crippen molar-refractivity contribution < 1.29 is 19.0 Å². The predicted molar refractivity (Wildman–Crippen MR) is 62.1 cm³/mol. The van der Waals surface area contributed by atoms with Gasteiger partial charge >= 0.3 is 0 Å². The summed E-state index contributed by atoms with van der Waals surface area (Å²) in [7, 11) is 0. The predicted octanol–water partition coefficient (Wildman–Crippen LogP) is 2.54. The Kier molecular flexibility index (Phi) is 3.00. The van der Waals surface area contributed by atoms with Gasteiger partial charge in [0.15, 0.2) is 11.5 Å². The smallest absolute Gasteiger partial charge is 0.231 e. The van der Waals surface area contributed by atoms with E-state index >= 15 is 0 Å². The molecule has 0 aliphatic carbocycles. The highest BCUT2D eigenvalue weighted by molar-refractivity contribution is 5.52. The molecule has 1 aliphatic heterocycles. The van der Waals surface area contributed by atoms with Gasteiger partial charge in [-0.15, -0.1) is 0 Å². The molecule has 1 aromatic rings. The second-order valence-electron chi connectivity index (χ2n) is 4.89. The lowest BCUT2D eigenvalue weighted by Gasteiger charge is -2.17. The zero-order chi connectivity index (χ0) is 12.6. The maximum absolute atomic E-state index is 13.9. The maximum atomic E-state index is 13.9. The van der Waals surface area contributed by atoms with Crippen molar-refractivity contribution in [1.82, 2.24) is 0 Å². The van der Waals surface area contributed by atoms with E-state index < -0.39 is 11.8 Å². The van der Waals surface area contributed by atoms with Crippen molar-refractivity contribution in [3.63, 3.8) is 0 Å². The highest BCUT2D eigenvalue weighted by atomic mass is 19.1. The Hall–Kier alpha value is -1.29. The van der Waals surface area contributed by atoms with Gasteiger partial charge in [0.2, 0.25) is 6.79 Å². The topological polar surface area (TPSA) is 38.7 Å². The van der Waals surface area contributed by atoms with Gasteiger partial charge in [-0.3, -0.25) is 0 Å². The molecule has 1 aliphatic rings. The fourth-order valence-electron chi connectivity index (χ4n) is 1.90. The van der Waals surface area contributed by atoms with Crippen LogP contribution in [-0.4, -0.2) is 18.0 Å². The van der Waals surface area contributed by atoms with Crippen molar-refractivity contribution in [1.29, 1.82) is 0 Å². The van der Waals surface area contributed by atoms with E-state index in [9.17, 15) is 9.50 Å². The minimum Gasteiger partial charge on any atom is -0.454 e. The Morgan fingerprint density at radius 1 is 1.41 bits per heavy atom. The van der Waals surface area contributed by atoms with Crippen LogP contribution in [-0.2, 0) is 12.1 Å². The third-order valence-electron chi connectivity index (χ3n) is 2.75. The van der Waals surface area contributed by atoms with Crippen molar-refractivity contribution >= 4 is 0 Å². The summed E-state index contributed by atoms with van der Waals surface area (Å²) in [5, 5.41) is 9.44. The number of benzene rings is 1. The van der Waals surface area contributed by atoms with Crippen molar-refractivity contribution in [3.05, 3.63) is 23.3 Å². The number of ether oxygens (including phenoxy) is 2. The molecule has 0 saturated heterocycles. The van der Waals surface area contributed by atoms with Gasteiger partial charge in [0.1, 0.15) is 5.67 Å². The molecule has 1 unspecified atom stereocenters. The zero-order valence-corrected chi connectivity index (χ0v) is 10.3. The van der Waals surface area contributed by atoms with Gasteiger partial charge < -0.3 is 14.6 Å². The summed E-state index contributed by atoms with van der Waals surface area (Å²) < 4.78 is 24.6. The standard InChI is InChI=1S/C13H17FO3/c1-8(15)4-9-5-10(13(2,3)14)6-11-12(9)17-7-16-11/h5-6,8,15H,4,7H2,1-3H3. The molecule has 0 fully saturated rings. The van der Waals surface area contributed by atoms with Crippen molar-refractivity contribution in [2.24, 2.45) is 0 Å². The molecule has 94 valence electrons. The van der Waals surface area contributed by atoms with Crippen LogP contribution in [0.25, 0.3) is 0 Å². The lowest BCUT2D eigenvalue weighted by Crippen LogP contribution is -2.11. The molecule has 1 aromatic carbocycles. The summed E-state index contributed by atoms with van der Waals surface area (Å²) in [6.07, 6.45) is -0.0726. The van der Waals surface area contributed by atoms with E-state index in [4.69, 9.17) is 9.47 Å². The number of halogens is 1. The Morgan fingerprint density at radius 2 is 2.12 bits per heavy atom. The van der Waals surface area contributed by atoms with Crippen LogP contribution in [0.1, 0.15) is 31.9 Å². The van der Waals surface area contributed by atoms with E-state index in [-0.39, 0.29) is 6.79 Å². The summed E-state index contributed by atoms with van der Waals surface area (Å²) in [6, 6.07) is 3.40. The summed E-state index contributed by atoms with van der Waals surface area (Å²) in [4.78, 5) is 0. The maximum Gasteiger partial charge on any atom is 0.231 e. The van der Waals surface area contributed by atoms with Crippen LogP contribution in [0.4, 0.5) is 4.39 Å². The number of alkyl halides is 1. The molecule has 0 aromatic heterocycles.